The zero-order valence-corrected chi connectivity index (χ0v) is 13.4. The number of fused-ring (bicyclic) bond motifs is 3. The molecule has 2 atom stereocenters. The molecular formula is C14H17Br2N. The summed E-state index contributed by atoms with van der Waals surface area (Å²) in [7, 11) is 2.25. The summed E-state index contributed by atoms with van der Waals surface area (Å²) >= 11 is 7.35. The smallest absolute Gasteiger partial charge is 0.0550 e. The van der Waals surface area contributed by atoms with Crippen LogP contribution in [0.4, 0.5) is 5.69 Å². The Bertz CT molecular complexity index is 472. The van der Waals surface area contributed by atoms with E-state index in [1.165, 1.54) is 45.9 Å². The highest BCUT2D eigenvalue weighted by Crippen LogP contribution is 2.54. The van der Waals surface area contributed by atoms with Gasteiger partial charge in [-0.1, -0.05) is 35.7 Å². The van der Waals surface area contributed by atoms with E-state index in [0.717, 1.165) is 0 Å². The number of hydrogen-bond donors (Lipinski definition) is 0. The minimum Gasteiger partial charge on any atom is -0.370 e. The largest absolute Gasteiger partial charge is 0.370 e. The van der Waals surface area contributed by atoms with Crippen molar-refractivity contribution >= 4 is 37.5 Å². The highest BCUT2D eigenvalue weighted by Gasteiger charge is 2.48. The van der Waals surface area contributed by atoms with Gasteiger partial charge in [0.2, 0.25) is 0 Å². The van der Waals surface area contributed by atoms with Gasteiger partial charge in [0, 0.05) is 27.4 Å². The second-order valence-corrected chi connectivity index (χ2v) is 7.34. The monoisotopic (exact) mass is 357 g/mol. The van der Waals surface area contributed by atoms with E-state index in [1.54, 1.807) is 0 Å². The molecule has 92 valence electrons. The normalized spacial score (nSPS) is 31.3. The molecule has 1 aliphatic carbocycles. The van der Waals surface area contributed by atoms with E-state index in [0.29, 0.717) is 11.5 Å². The van der Waals surface area contributed by atoms with Crippen LogP contribution in [-0.4, -0.2) is 13.1 Å². The second kappa shape index (κ2) is 3.99. The molecule has 1 aromatic rings. The summed E-state index contributed by atoms with van der Waals surface area (Å²) in [6.45, 7) is 2.44. The zero-order valence-electron chi connectivity index (χ0n) is 10.3. The van der Waals surface area contributed by atoms with Gasteiger partial charge < -0.3 is 4.90 Å². The molecule has 0 N–H and O–H groups in total. The summed E-state index contributed by atoms with van der Waals surface area (Å²) in [4.78, 5) is 2.49. The molecule has 0 radical (unpaired) electrons. The van der Waals surface area contributed by atoms with Crippen molar-refractivity contribution in [1.29, 1.82) is 0 Å². The first-order valence-electron chi connectivity index (χ1n) is 6.26. The fraction of sp³-hybridized carbons (Fsp3) is 0.571. The number of likely N-dealkylation sites (N-methyl/N-ethyl adjacent to an activating group) is 1. The average molecular weight is 359 g/mol. The Balaban J connectivity index is 2.22. The number of anilines is 1. The molecule has 3 heteroatoms. The molecule has 1 aromatic carbocycles. The van der Waals surface area contributed by atoms with Gasteiger partial charge >= 0.3 is 0 Å². The Hall–Kier alpha value is -0.0200. The average Bonchev–Trinajstić information content (AvgIpc) is 2.49. The molecule has 1 fully saturated rings. The maximum absolute atomic E-state index is 3.72. The molecule has 1 aliphatic heterocycles. The number of halogens is 2. The maximum Gasteiger partial charge on any atom is 0.0550 e. The molecular weight excluding hydrogens is 342 g/mol. The Morgan fingerprint density at radius 3 is 2.82 bits per heavy atom. The van der Waals surface area contributed by atoms with Crippen molar-refractivity contribution in [1.82, 2.24) is 0 Å². The van der Waals surface area contributed by atoms with Crippen molar-refractivity contribution in [2.75, 3.05) is 11.9 Å². The third-order valence-electron chi connectivity index (χ3n) is 4.62. The molecule has 1 heterocycles. The Morgan fingerprint density at radius 2 is 2.06 bits per heavy atom. The fourth-order valence-electron chi connectivity index (χ4n) is 3.77. The SMILES string of the molecule is CN1c2c(Br)cc(Br)cc2C2(C)CCCCC12. The lowest BCUT2D eigenvalue weighted by molar-refractivity contribution is 0.285. The summed E-state index contributed by atoms with van der Waals surface area (Å²) in [5, 5.41) is 0. The van der Waals surface area contributed by atoms with E-state index in [4.69, 9.17) is 0 Å². The summed E-state index contributed by atoms with van der Waals surface area (Å²) in [6.07, 6.45) is 5.38. The quantitative estimate of drug-likeness (QED) is 0.640. The summed E-state index contributed by atoms with van der Waals surface area (Å²) < 4.78 is 2.41. The van der Waals surface area contributed by atoms with E-state index >= 15 is 0 Å². The summed E-state index contributed by atoms with van der Waals surface area (Å²) in [5.74, 6) is 0. The number of nitrogens with zero attached hydrogens (tertiary/aromatic N) is 1. The molecule has 0 aromatic heterocycles. The van der Waals surface area contributed by atoms with Crippen molar-refractivity contribution in [2.24, 2.45) is 0 Å². The summed E-state index contributed by atoms with van der Waals surface area (Å²) in [5.41, 5.74) is 3.27. The van der Waals surface area contributed by atoms with E-state index < -0.39 is 0 Å². The van der Waals surface area contributed by atoms with Gasteiger partial charge in [-0.3, -0.25) is 0 Å². The standard InChI is InChI=1S/C14H17Br2N/c1-14-6-4-3-5-12(14)17(2)13-10(14)7-9(15)8-11(13)16/h7-8,12H,3-6H2,1-2H3. The zero-order chi connectivity index (χ0) is 12.2. The molecule has 0 saturated heterocycles. The molecule has 1 nitrogen and oxygen atoms in total. The van der Waals surface area contributed by atoms with Crippen LogP contribution in [0.2, 0.25) is 0 Å². The van der Waals surface area contributed by atoms with Crippen molar-refractivity contribution in [2.45, 2.75) is 44.1 Å². The van der Waals surface area contributed by atoms with Crippen LogP contribution in [0.3, 0.4) is 0 Å². The van der Waals surface area contributed by atoms with Crippen LogP contribution in [0.15, 0.2) is 21.1 Å². The third kappa shape index (κ3) is 1.61. The first-order chi connectivity index (χ1) is 8.04. The fourth-order valence-corrected chi connectivity index (χ4v) is 5.27. The van der Waals surface area contributed by atoms with Crippen LogP contribution in [0.25, 0.3) is 0 Å². The lowest BCUT2D eigenvalue weighted by Crippen LogP contribution is -2.43. The molecule has 3 rings (SSSR count). The van der Waals surface area contributed by atoms with Crippen LogP contribution in [0.5, 0.6) is 0 Å². The minimum atomic E-state index is 0.342. The van der Waals surface area contributed by atoms with Gasteiger partial charge in [0.15, 0.2) is 0 Å². The lowest BCUT2D eigenvalue weighted by atomic mass is 9.69. The molecule has 0 bridgehead atoms. The van der Waals surface area contributed by atoms with Gasteiger partial charge in [0.1, 0.15) is 0 Å². The highest BCUT2D eigenvalue weighted by molar-refractivity contribution is 9.11. The van der Waals surface area contributed by atoms with Gasteiger partial charge in [-0.05, 0) is 46.5 Å². The lowest BCUT2D eigenvalue weighted by Gasteiger charge is -2.39. The van der Waals surface area contributed by atoms with Crippen molar-refractivity contribution in [3.8, 4) is 0 Å². The number of benzene rings is 1. The van der Waals surface area contributed by atoms with Crippen molar-refractivity contribution in [3.05, 3.63) is 26.6 Å². The van der Waals surface area contributed by atoms with Crippen molar-refractivity contribution < 1.29 is 0 Å². The number of rotatable bonds is 0. The molecule has 0 amide bonds. The topological polar surface area (TPSA) is 3.24 Å². The maximum atomic E-state index is 3.72. The van der Waals surface area contributed by atoms with Gasteiger partial charge in [-0.25, -0.2) is 0 Å². The van der Waals surface area contributed by atoms with Gasteiger partial charge in [0.25, 0.3) is 0 Å². The van der Waals surface area contributed by atoms with E-state index in [-0.39, 0.29) is 0 Å². The molecule has 17 heavy (non-hydrogen) atoms. The van der Waals surface area contributed by atoms with Gasteiger partial charge in [-0.2, -0.15) is 0 Å². The van der Waals surface area contributed by atoms with E-state index in [1.807, 2.05) is 0 Å². The molecule has 0 spiro atoms. The molecule has 2 unspecified atom stereocenters. The third-order valence-corrected chi connectivity index (χ3v) is 5.69. The predicted octanol–water partition coefficient (Wildman–Crippen LogP) is 4.86. The first-order valence-corrected chi connectivity index (χ1v) is 7.85. The van der Waals surface area contributed by atoms with Crippen LogP contribution in [0.1, 0.15) is 38.2 Å². The first kappa shape index (κ1) is 12.0. The molecule has 2 aliphatic rings. The highest BCUT2D eigenvalue weighted by atomic mass is 79.9. The van der Waals surface area contributed by atoms with E-state index in [2.05, 4.69) is 62.9 Å². The van der Waals surface area contributed by atoms with Crippen molar-refractivity contribution in [3.63, 3.8) is 0 Å². The van der Waals surface area contributed by atoms with Crippen LogP contribution in [0, 0.1) is 0 Å². The summed E-state index contributed by atoms with van der Waals surface area (Å²) in [6, 6.07) is 5.16. The van der Waals surface area contributed by atoms with Crippen LogP contribution >= 0.6 is 31.9 Å². The predicted molar refractivity (Wildman–Crippen MR) is 79.9 cm³/mol. The minimum absolute atomic E-state index is 0.342. The van der Waals surface area contributed by atoms with Crippen LogP contribution < -0.4 is 4.90 Å². The Labute approximate surface area is 120 Å². The van der Waals surface area contributed by atoms with Crippen LogP contribution in [-0.2, 0) is 5.41 Å². The Kier molecular flexibility index (Phi) is 2.82. The number of hydrogen-bond acceptors (Lipinski definition) is 1. The van der Waals surface area contributed by atoms with Gasteiger partial charge in [0.05, 0.1) is 5.69 Å². The van der Waals surface area contributed by atoms with E-state index in [9.17, 15) is 0 Å². The Morgan fingerprint density at radius 1 is 1.29 bits per heavy atom. The molecule has 1 saturated carbocycles. The second-order valence-electron chi connectivity index (χ2n) is 5.57. The van der Waals surface area contributed by atoms with Gasteiger partial charge in [-0.15, -0.1) is 0 Å².